The van der Waals surface area contributed by atoms with Crippen LogP contribution in [0.25, 0.3) is 0 Å². The number of rotatable bonds is 3. The molecule has 0 aliphatic carbocycles. The zero-order valence-electron chi connectivity index (χ0n) is 8.26. The average molecular weight is 254 g/mol. The molecule has 1 unspecified atom stereocenters. The van der Waals surface area contributed by atoms with Crippen molar-refractivity contribution in [3.05, 3.63) is 34.3 Å². The summed E-state index contributed by atoms with van der Waals surface area (Å²) in [6.45, 7) is -0.284. The monoisotopic (exact) mass is 253 g/mol. The molecule has 90 valence electrons. The molecule has 0 radical (unpaired) electrons. The normalized spacial score (nSPS) is 13.9. The summed E-state index contributed by atoms with van der Waals surface area (Å²) < 4.78 is 37.3. The summed E-state index contributed by atoms with van der Waals surface area (Å²) in [6, 6.07) is 2.67. The van der Waals surface area contributed by atoms with Gasteiger partial charge in [0.05, 0.1) is 12.2 Å². The Morgan fingerprint density at radius 2 is 1.94 bits per heavy atom. The molecule has 0 spiro atoms. The Labute approximate surface area is 95.8 Å². The molecule has 0 saturated heterocycles. The Balaban J connectivity index is 2.99. The number of alkyl halides is 3. The second kappa shape index (κ2) is 5.03. The minimum Gasteiger partial charge on any atom is -0.395 e. The Bertz CT molecular complexity index is 368. The van der Waals surface area contributed by atoms with E-state index in [1.54, 1.807) is 0 Å². The third-order valence-electron chi connectivity index (χ3n) is 2.02. The van der Waals surface area contributed by atoms with E-state index in [0.717, 1.165) is 12.1 Å². The van der Waals surface area contributed by atoms with Gasteiger partial charge in [0.25, 0.3) is 0 Å². The number of hydrogen-bond donors (Lipinski definition) is 2. The van der Waals surface area contributed by atoms with Gasteiger partial charge in [0.15, 0.2) is 0 Å². The largest absolute Gasteiger partial charge is 0.416 e. The van der Waals surface area contributed by atoms with Gasteiger partial charge in [0.1, 0.15) is 0 Å². The first-order valence-corrected chi connectivity index (χ1v) is 4.94. The first-order valence-electron chi connectivity index (χ1n) is 4.56. The molecule has 0 heterocycles. The van der Waals surface area contributed by atoms with Crippen molar-refractivity contribution in [3.63, 3.8) is 0 Å². The fourth-order valence-corrected chi connectivity index (χ4v) is 1.56. The Kier molecular flexibility index (Phi) is 4.18. The number of nitrogens with two attached hydrogens (primary N) is 1. The maximum atomic E-state index is 12.4. The molecule has 3 N–H and O–H groups in total. The third-order valence-corrected chi connectivity index (χ3v) is 2.24. The molecule has 0 fully saturated rings. The van der Waals surface area contributed by atoms with Crippen LogP contribution in [-0.2, 0) is 12.6 Å². The van der Waals surface area contributed by atoms with Gasteiger partial charge in [-0.05, 0) is 30.2 Å². The minimum atomic E-state index is -4.43. The molecule has 1 aromatic rings. The summed E-state index contributed by atoms with van der Waals surface area (Å²) in [7, 11) is 0. The highest BCUT2D eigenvalue weighted by atomic mass is 35.5. The number of aliphatic hydroxyl groups is 1. The average Bonchev–Trinajstić information content (AvgIpc) is 2.15. The number of aliphatic hydroxyl groups excluding tert-OH is 1. The lowest BCUT2D eigenvalue weighted by Gasteiger charge is -2.12. The molecule has 0 aromatic heterocycles. The molecule has 0 amide bonds. The first-order chi connectivity index (χ1) is 7.32. The summed E-state index contributed by atoms with van der Waals surface area (Å²) in [6.07, 6.45) is -4.27. The van der Waals surface area contributed by atoms with E-state index in [9.17, 15) is 13.2 Å². The Hall–Kier alpha value is -0.780. The van der Waals surface area contributed by atoms with E-state index in [-0.39, 0.29) is 18.1 Å². The summed E-state index contributed by atoms with van der Waals surface area (Å²) in [5.74, 6) is 0. The molecule has 16 heavy (non-hydrogen) atoms. The zero-order valence-corrected chi connectivity index (χ0v) is 9.02. The second-order valence-corrected chi connectivity index (χ2v) is 3.93. The van der Waals surface area contributed by atoms with Crippen LogP contribution >= 0.6 is 11.6 Å². The molecule has 1 aromatic carbocycles. The van der Waals surface area contributed by atoms with Crippen LogP contribution < -0.4 is 5.73 Å². The summed E-state index contributed by atoms with van der Waals surface area (Å²) in [4.78, 5) is 0. The molecular weight excluding hydrogens is 243 g/mol. The Morgan fingerprint density at radius 1 is 1.31 bits per heavy atom. The fourth-order valence-electron chi connectivity index (χ4n) is 1.30. The smallest absolute Gasteiger partial charge is 0.395 e. The van der Waals surface area contributed by atoms with Crippen molar-refractivity contribution in [2.24, 2.45) is 5.73 Å². The molecule has 0 aliphatic heterocycles. The van der Waals surface area contributed by atoms with Crippen molar-refractivity contribution >= 4 is 11.6 Å². The van der Waals surface area contributed by atoms with E-state index < -0.39 is 17.8 Å². The van der Waals surface area contributed by atoms with E-state index in [1.807, 2.05) is 0 Å². The van der Waals surface area contributed by atoms with Crippen molar-refractivity contribution < 1.29 is 18.3 Å². The summed E-state index contributed by atoms with van der Waals surface area (Å²) >= 11 is 5.58. The van der Waals surface area contributed by atoms with Gasteiger partial charge < -0.3 is 10.8 Å². The van der Waals surface area contributed by atoms with E-state index in [4.69, 9.17) is 22.4 Å². The highest BCUT2D eigenvalue weighted by Crippen LogP contribution is 2.32. The van der Waals surface area contributed by atoms with Crippen molar-refractivity contribution in [1.29, 1.82) is 0 Å². The molecular formula is C10H11ClF3NO. The van der Waals surface area contributed by atoms with Crippen LogP contribution in [0.1, 0.15) is 11.1 Å². The van der Waals surface area contributed by atoms with Gasteiger partial charge in [0.2, 0.25) is 0 Å². The van der Waals surface area contributed by atoms with E-state index in [1.165, 1.54) is 6.07 Å². The standard InChI is InChI=1S/C10H11ClF3NO/c11-8-2-6(3-9(15)5-16)1-7(4-8)10(12,13)14/h1-2,4,9,16H,3,5,15H2. The van der Waals surface area contributed by atoms with Gasteiger partial charge in [-0.1, -0.05) is 11.6 Å². The van der Waals surface area contributed by atoms with Crippen LogP contribution in [0.15, 0.2) is 18.2 Å². The van der Waals surface area contributed by atoms with Crippen molar-refractivity contribution in [3.8, 4) is 0 Å². The molecule has 1 rings (SSSR count). The molecule has 0 bridgehead atoms. The van der Waals surface area contributed by atoms with Crippen molar-refractivity contribution in [2.75, 3.05) is 6.61 Å². The number of halogens is 4. The Morgan fingerprint density at radius 3 is 2.44 bits per heavy atom. The summed E-state index contributed by atoms with van der Waals surface area (Å²) in [5.41, 5.74) is 5.00. The van der Waals surface area contributed by atoms with E-state index in [2.05, 4.69) is 0 Å². The third kappa shape index (κ3) is 3.66. The summed E-state index contributed by atoms with van der Waals surface area (Å²) in [5, 5.41) is 8.72. The molecule has 2 nitrogen and oxygen atoms in total. The highest BCUT2D eigenvalue weighted by Gasteiger charge is 2.31. The van der Waals surface area contributed by atoms with Crippen molar-refractivity contribution in [2.45, 2.75) is 18.6 Å². The predicted molar refractivity (Wildman–Crippen MR) is 55.2 cm³/mol. The number of benzene rings is 1. The van der Waals surface area contributed by atoms with Crippen LogP contribution in [0, 0.1) is 0 Å². The maximum Gasteiger partial charge on any atom is 0.416 e. The zero-order chi connectivity index (χ0) is 12.3. The highest BCUT2D eigenvalue weighted by molar-refractivity contribution is 6.30. The first kappa shape index (κ1) is 13.3. The van der Waals surface area contributed by atoms with Crippen LogP contribution in [0.2, 0.25) is 5.02 Å². The van der Waals surface area contributed by atoms with Gasteiger partial charge in [0, 0.05) is 11.1 Å². The SMILES string of the molecule is NC(CO)Cc1cc(Cl)cc(C(F)(F)F)c1. The van der Waals surface area contributed by atoms with Gasteiger partial charge in [-0.2, -0.15) is 13.2 Å². The molecule has 0 aliphatic rings. The lowest BCUT2D eigenvalue weighted by Crippen LogP contribution is -2.27. The van der Waals surface area contributed by atoms with E-state index >= 15 is 0 Å². The molecule has 1 atom stereocenters. The fraction of sp³-hybridized carbons (Fsp3) is 0.400. The maximum absolute atomic E-state index is 12.4. The van der Waals surface area contributed by atoms with Crippen LogP contribution in [0.5, 0.6) is 0 Å². The van der Waals surface area contributed by atoms with E-state index in [0.29, 0.717) is 5.56 Å². The van der Waals surface area contributed by atoms with Crippen LogP contribution in [-0.4, -0.2) is 17.8 Å². The van der Waals surface area contributed by atoms with Crippen LogP contribution in [0.4, 0.5) is 13.2 Å². The topological polar surface area (TPSA) is 46.2 Å². The second-order valence-electron chi connectivity index (χ2n) is 3.49. The molecule has 6 heteroatoms. The van der Waals surface area contributed by atoms with Gasteiger partial charge >= 0.3 is 6.18 Å². The lowest BCUT2D eigenvalue weighted by molar-refractivity contribution is -0.137. The van der Waals surface area contributed by atoms with Crippen LogP contribution in [0.3, 0.4) is 0 Å². The molecule has 0 saturated carbocycles. The van der Waals surface area contributed by atoms with Gasteiger partial charge in [-0.25, -0.2) is 0 Å². The quantitative estimate of drug-likeness (QED) is 0.868. The minimum absolute atomic E-state index is 0.00923. The van der Waals surface area contributed by atoms with Crippen molar-refractivity contribution in [1.82, 2.24) is 0 Å². The van der Waals surface area contributed by atoms with Gasteiger partial charge in [-0.15, -0.1) is 0 Å². The number of hydrogen-bond acceptors (Lipinski definition) is 2. The lowest BCUT2D eigenvalue weighted by atomic mass is 10.0. The van der Waals surface area contributed by atoms with Gasteiger partial charge in [-0.3, -0.25) is 0 Å². The predicted octanol–water partition coefficient (Wildman–Crippen LogP) is 2.22.